The SMILES string of the molecule is CCCC1(CC)C2CC3(c4ccccc4)C[C@@H]1CC2(C(=S)/N=C/C1CCC(N)CC1)C3. The molecule has 4 unspecified atom stereocenters. The molecule has 5 aliphatic carbocycles. The molecule has 5 fully saturated rings. The van der Waals surface area contributed by atoms with E-state index >= 15 is 0 Å². The van der Waals surface area contributed by atoms with Crippen LogP contribution in [0, 0.1) is 28.6 Å². The molecule has 31 heavy (non-hydrogen) atoms. The summed E-state index contributed by atoms with van der Waals surface area (Å²) in [4.78, 5) is 6.14. The number of hydrogen-bond donors (Lipinski definition) is 1. The van der Waals surface area contributed by atoms with Gasteiger partial charge in [0, 0.05) is 17.7 Å². The number of benzene rings is 1. The summed E-state index contributed by atoms with van der Waals surface area (Å²) in [5.74, 6) is 2.07. The molecule has 3 heteroatoms. The number of rotatable bonds is 6. The third kappa shape index (κ3) is 3.29. The van der Waals surface area contributed by atoms with Crippen LogP contribution < -0.4 is 5.73 Å². The van der Waals surface area contributed by atoms with Gasteiger partial charge in [0.25, 0.3) is 0 Å². The molecule has 5 saturated carbocycles. The van der Waals surface area contributed by atoms with E-state index in [1.165, 1.54) is 57.8 Å². The molecular weight excluding hydrogens is 396 g/mol. The van der Waals surface area contributed by atoms with Gasteiger partial charge < -0.3 is 5.73 Å². The van der Waals surface area contributed by atoms with Crippen LogP contribution in [0.1, 0.15) is 90.0 Å². The lowest BCUT2D eigenvalue weighted by atomic mass is 9.55. The van der Waals surface area contributed by atoms with Crippen molar-refractivity contribution in [3.05, 3.63) is 35.9 Å². The molecule has 0 aliphatic heterocycles. The summed E-state index contributed by atoms with van der Waals surface area (Å²) in [5.41, 5.74) is 8.60. The molecule has 4 bridgehead atoms. The van der Waals surface area contributed by atoms with Gasteiger partial charge in [-0.1, -0.05) is 62.8 Å². The van der Waals surface area contributed by atoms with Crippen molar-refractivity contribution < 1.29 is 0 Å². The van der Waals surface area contributed by atoms with E-state index in [4.69, 9.17) is 22.9 Å². The van der Waals surface area contributed by atoms with Crippen LogP contribution in [0.4, 0.5) is 0 Å². The van der Waals surface area contributed by atoms with Gasteiger partial charge in [0.05, 0.1) is 0 Å². The molecule has 6 rings (SSSR count). The molecule has 2 N–H and O–H groups in total. The lowest BCUT2D eigenvalue weighted by Gasteiger charge is -2.49. The highest BCUT2D eigenvalue weighted by Gasteiger charge is 2.73. The molecule has 0 radical (unpaired) electrons. The Bertz CT molecular complexity index is 842. The topological polar surface area (TPSA) is 38.4 Å². The molecule has 1 aromatic rings. The second kappa shape index (κ2) is 8.06. The maximum atomic E-state index is 6.22. The Balaban J connectivity index is 1.47. The predicted octanol–water partition coefficient (Wildman–Crippen LogP) is 6.86. The lowest BCUT2D eigenvalue weighted by molar-refractivity contribution is 0.0392. The zero-order valence-electron chi connectivity index (χ0n) is 19.5. The third-order valence-electron chi connectivity index (χ3n) is 10.1. The number of aliphatic imine (C=N–C) groups is 1. The Labute approximate surface area is 194 Å². The van der Waals surface area contributed by atoms with Crippen molar-refractivity contribution in [3.8, 4) is 0 Å². The summed E-state index contributed by atoms with van der Waals surface area (Å²) in [5, 5.41) is 0. The molecule has 1 aromatic carbocycles. The highest BCUT2D eigenvalue weighted by Crippen LogP contribution is 2.78. The molecule has 0 amide bonds. The van der Waals surface area contributed by atoms with E-state index in [0.717, 1.165) is 23.7 Å². The van der Waals surface area contributed by atoms with Crippen molar-refractivity contribution in [1.29, 1.82) is 0 Å². The van der Waals surface area contributed by atoms with Crippen LogP contribution in [-0.4, -0.2) is 17.2 Å². The Morgan fingerprint density at radius 1 is 1.10 bits per heavy atom. The van der Waals surface area contributed by atoms with E-state index in [9.17, 15) is 0 Å². The summed E-state index contributed by atoms with van der Waals surface area (Å²) in [6, 6.07) is 11.8. The first kappa shape index (κ1) is 21.8. The Morgan fingerprint density at radius 2 is 1.84 bits per heavy atom. The molecule has 0 spiro atoms. The summed E-state index contributed by atoms with van der Waals surface area (Å²) >= 11 is 6.22. The third-order valence-corrected chi connectivity index (χ3v) is 10.6. The first-order chi connectivity index (χ1) is 15.0. The Kier molecular flexibility index (Phi) is 5.66. The zero-order valence-corrected chi connectivity index (χ0v) is 20.3. The zero-order chi connectivity index (χ0) is 21.7. The minimum atomic E-state index is 0.140. The molecule has 2 nitrogen and oxygen atoms in total. The second-order valence-electron chi connectivity index (χ2n) is 11.4. The van der Waals surface area contributed by atoms with Gasteiger partial charge in [0.2, 0.25) is 0 Å². The summed E-state index contributed by atoms with van der Waals surface area (Å²) in [6.07, 6.45) is 16.0. The van der Waals surface area contributed by atoms with Crippen molar-refractivity contribution in [3.63, 3.8) is 0 Å². The fraction of sp³-hybridized carbons (Fsp3) is 0.714. The van der Waals surface area contributed by atoms with Crippen LogP contribution in [0.2, 0.25) is 0 Å². The van der Waals surface area contributed by atoms with Crippen molar-refractivity contribution in [2.45, 2.75) is 95.9 Å². The maximum absolute atomic E-state index is 6.22. The number of nitrogens with zero attached hydrogens (tertiary/aromatic N) is 1. The van der Waals surface area contributed by atoms with Gasteiger partial charge >= 0.3 is 0 Å². The normalized spacial score (nSPS) is 43.7. The van der Waals surface area contributed by atoms with Crippen LogP contribution in [0.3, 0.4) is 0 Å². The van der Waals surface area contributed by atoms with Gasteiger partial charge in [-0.3, -0.25) is 4.99 Å². The van der Waals surface area contributed by atoms with Gasteiger partial charge in [-0.25, -0.2) is 0 Å². The quantitative estimate of drug-likeness (QED) is 0.391. The average Bonchev–Trinajstić information content (AvgIpc) is 3.16. The van der Waals surface area contributed by atoms with Crippen molar-refractivity contribution in [2.24, 2.45) is 39.3 Å². The van der Waals surface area contributed by atoms with Crippen molar-refractivity contribution >= 4 is 23.4 Å². The first-order valence-electron chi connectivity index (χ1n) is 12.9. The van der Waals surface area contributed by atoms with Gasteiger partial charge in [0.15, 0.2) is 0 Å². The molecule has 0 saturated heterocycles. The average molecular weight is 437 g/mol. The Hall–Kier alpha value is -1.06. The smallest absolute Gasteiger partial charge is 0.109 e. The molecule has 5 aliphatic rings. The fourth-order valence-corrected chi connectivity index (χ4v) is 9.13. The minimum absolute atomic E-state index is 0.140. The molecule has 168 valence electrons. The van der Waals surface area contributed by atoms with Crippen LogP contribution in [0.15, 0.2) is 35.3 Å². The highest BCUT2D eigenvalue weighted by atomic mass is 32.1. The minimum Gasteiger partial charge on any atom is -0.328 e. The molecule has 0 heterocycles. The van der Waals surface area contributed by atoms with E-state index in [-0.39, 0.29) is 5.41 Å². The maximum Gasteiger partial charge on any atom is 0.109 e. The van der Waals surface area contributed by atoms with Gasteiger partial charge in [-0.05, 0) is 98.4 Å². The summed E-state index contributed by atoms with van der Waals surface area (Å²) in [6.45, 7) is 4.82. The van der Waals surface area contributed by atoms with E-state index in [1.54, 1.807) is 5.56 Å². The van der Waals surface area contributed by atoms with E-state index < -0.39 is 0 Å². The van der Waals surface area contributed by atoms with Crippen molar-refractivity contribution in [2.75, 3.05) is 0 Å². The summed E-state index contributed by atoms with van der Waals surface area (Å²) < 4.78 is 0. The van der Waals surface area contributed by atoms with E-state index in [0.29, 0.717) is 28.7 Å². The Morgan fingerprint density at radius 3 is 2.52 bits per heavy atom. The lowest BCUT2D eigenvalue weighted by Crippen LogP contribution is -2.42. The standard InChI is InChI=1S/C28H40N2S/c1-3-14-27(4-2)22-15-26(21-8-6-5-7-9-21)17-24(27)28(16-22,19-26)25(31)30-18-20-10-12-23(29)13-11-20/h5-9,18,20,22-24H,3-4,10-17,19,29H2,1-2H3/b30-18+/t20?,22-,23?,24?,26?,27?,28?/m1/s1. The molecular formula is C28H40N2S. The van der Waals surface area contributed by atoms with E-state index in [1.807, 2.05) is 0 Å². The first-order valence-corrected chi connectivity index (χ1v) is 13.3. The number of nitrogens with two attached hydrogens (primary N) is 1. The van der Waals surface area contributed by atoms with Crippen LogP contribution in [0.25, 0.3) is 0 Å². The van der Waals surface area contributed by atoms with Gasteiger partial charge in [0.1, 0.15) is 4.99 Å². The predicted molar refractivity (Wildman–Crippen MR) is 135 cm³/mol. The monoisotopic (exact) mass is 436 g/mol. The van der Waals surface area contributed by atoms with Gasteiger partial charge in [-0.2, -0.15) is 0 Å². The van der Waals surface area contributed by atoms with Crippen LogP contribution in [0.5, 0.6) is 0 Å². The molecule has 5 atom stereocenters. The number of hydrogen-bond acceptors (Lipinski definition) is 2. The second-order valence-corrected chi connectivity index (χ2v) is 11.8. The van der Waals surface area contributed by atoms with Crippen LogP contribution in [-0.2, 0) is 5.41 Å². The largest absolute Gasteiger partial charge is 0.328 e. The van der Waals surface area contributed by atoms with E-state index in [2.05, 4.69) is 50.4 Å². The highest BCUT2D eigenvalue weighted by molar-refractivity contribution is 7.80. The number of thiocarbonyl (C=S) groups is 1. The van der Waals surface area contributed by atoms with Crippen molar-refractivity contribution in [1.82, 2.24) is 0 Å². The van der Waals surface area contributed by atoms with Crippen LogP contribution >= 0.6 is 12.2 Å². The molecule has 0 aromatic heterocycles. The van der Waals surface area contributed by atoms with Gasteiger partial charge in [-0.15, -0.1) is 0 Å². The fourth-order valence-electron chi connectivity index (χ4n) is 8.78. The summed E-state index contributed by atoms with van der Waals surface area (Å²) in [7, 11) is 0.